The number of benzene rings is 1. The summed E-state index contributed by atoms with van der Waals surface area (Å²) in [6.45, 7) is 3.06. The minimum absolute atomic E-state index is 0.609. The number of fused-ring (bicyclic) bond motifs is 1. The van der Waals surface area contributed by atoms with Gasteiger partial charge in [0.15, 0.2) is 0 Å². The molecule has 0 bridgehead atoms. The van der Waals surface area contributed by atoms with E-state index in [-0.39, 0.29) is 0 Å². The molecule has 0 amide bonds. The number of aryl methyl sites for hydroxylation is 2. The molecule has 3 heteroatoms. The van der Waals surface area contributed by atoms with Gasteiger partial charge < -0.3 is 4.57 Å². The minimum Gasteiger partial charge on any atom is -0.328 e. The molecule has 3 nitrogen and oxygen atoms in total. The van der Waals surface area contributed by atoms with Crippen LogP contribution >= 0.6 is 0 Å². The topological polar surface area (TPSA) is 41.6 Å². The second-order valence-corrected chi connectivity index (χ2v) is 4.18. The zero-order chi connectivity index (χ0) is 12.1. The lowest BCUT2D eigenvalue weighted by molar-refractivity contribution is 0.627. The number of nitriles is 1. The molecule has 2 rings (SSSR count). The number of nitrogens with zero attached hydrogens (tertiary/aromatic N) is 3. The summed E-state index contributed by atoms with van der Waals surface area (Å²) in [5.74, 6) is 1.15. The number of hydrogen-bond donors (Lipinski definition) is 0. The van der Waals surface area contributed by atoms with Crippen LogP contribution in [0.2, 0.25) is 0 Å². The molecule has 0 N–H and O–H groups in total. The van der Waals surface area contributed by atoms with Crippen LogP contribution in [0.1, 0.15) is 32.0 Å². The lowest BCUT2D eigenvalue weighted by Gasteiger charge is -2.06. The largest absolute Gasteiger partial charge is 0.328 e. The van der Waals surface area contributed by atoms with Crippen molar-refractivity contribution in [3.05, 3.63) is 30.1 Å². The maximum atomic E-state index is 8.61. The maximum absolute atomic E-state index is 8.61. The lowest BCUT2D eigenvalue weighted by atomic mass is 10.3. The van der Waals surface area contributed by atoms with E-state index in [9.17, 15) is 0 Å². The standard InChI is InChI=1S/C14H17N3/c1-2-7-14-16-12-8-3-4-9-13(12)17(14)11-6-5-10-15/h3-4,8-9H,2,5-7,11H2,1H3. The zero-order valence-corrected chi connectivity index (χ0v) is 10.2. The third-order valence-electron chi connectivity index (χ3n) is 2.88. The molecule has 0 spiro atoms. The van der Waals surface area contributed by atoms with Crippen molar-refractivity contribution < 1.29 is 0 Å². The summed E-state index contributed by atoms with van der Waals surface area (Å²) in [6.07, 6.45) is 3.61. The molecule has 0 aliphatic rings. The second kappa shape index (κ2) is 5.49. The van der Waals surface area contributed by atoms with Gasteiger partial charge in [0, 0.05) is 19.4 Å². The SMILES string of the molecule is CCCc1nc2ccccc2n1CCCC#N. The molecule has 0 saturated carbocycles. The first kappa shape index (κ1) is 11.7. The molecule has 1 aromatic heterocycles. The summed E-state index contributed by atoms with van der Waals surface area (Å²) >= 11 is 0. The Labute approximate surface area is 102 Å². The smallest absolute Gasteiger partial charge is 0.109 e. The van der Waals surface area contributed by atoms with Crippen LogP contribution in [-0.2, 0) is 13.0 Å². The van der Waals surface area contributed by atoms with Gasteiger partial charge in [-0.25, -0.2) is 4.98 Å². The van der Waals surface area contributed by atoms with Crippen LogP contribution in [0.4, 0.5) is 0 Å². The second-order valence-electron chi connectivity index (χ2n) is 4.18. The Bertz CT molecular complexity index is 534. The fourth-order valence-electron chi connectivity index (χ4n) is 2.11. The lowest BCUT2D eigenvalue weighted by Crippen LogP contribution is -2.03. The Morgan fingerprint density at radius 2 is 2.18 bits per heavy atom. The van der Waals surface area contributed by atoms with E-state index in [2.05, 4.69) is 34.7 Å². The van der Waals surface area contributed by atoms with E-state index in [4.69, 9.17) is 5.26 Å². The Hall–Kier alpha value is -1.82. The average molecular weight is 227 g/mol. The van der Waals surface area contributed by atoms with Gasteiger partial charge >= 0.3 is 0 Å². The fraction of sp³-hybridized carbons (Fsp3) is 0.429. The number of aromatic nitrogens is 2. The molecule has 0 radical (unpaired) electrons. The number of para-hydroxylation sites is 2. The van der Waals surface area contributed by atoms with Crippen LogP contribution in [0.25, 0.3) is 11.0 Å². The molecular weight excluding hydrogens is 210 g/mol. The first-order valence-electron chi connectivity index (χ1n) is 6.18. The van der Waals surface area contributed by atoms with E-state index in [0.717, 1.165) is 37.1 Å². The van der Waals surface area contributed by atoms with Gasteiger partial charge in [-0.3, -0.25) is 0 Å². The van der Waals surface area contributed by atoms with Gasteiger partial charge in [-0.1, -0.05) is 19.1 Å². The summed E-state index contributed by atoms with van der Waals surface area (Å²) in [7, 11) is 0. The van der Waals surface area contributed by atoms with Crippen molar-refractivity contribution >= 4 is 11.0 Å². The van der Waals surface area contributed by atoms with E-state index in [1.54, 1.807) is 0 Å². The summed E-state index contributed by atoms with van der Waals surface area (Å²) < 4.78 is 2.26. The van der Waals surface area contributed by atoms with Crippen LogP contribution < -0.4 is 0 Å². The number of unbranched alkanes of at least 4 members (excludes halogenated alkanes) is 1. The molecule has 88 valence electrons. The highest BCUT2D eigenvalue weighted by Crippen LogP contribution is 2.17. The molecule has 0 fully saturated rings. The molecule has 0 aliphatic carbocycles. The van der Waals surface area contributed by atoms with Crippen LogP contribution in [0, 0.1) is 11.3 Å². The monoisotopic (exact) mass is 227 g/mol. The van der Waals surface area contributed by atoms with E-state index in [0.29, 0.717) is 6.42 Å². The van der Waals surface area contributed by atoms with Crippen molar-refractivity contribution in [2.75, 3.05) is 0 Å². The summed E-state index contributed by atoms with van der Waals surface area (Å²) in [6, 6.07) is 10.4. The van der Waals surface area contributed by atoms with Crippen LogP contribution in [-0.4, -0.2) is 9.55 Å². The van der Waals surface area contributed by atoms with Gasteiger partial charge in [-0.05, 0) is 25.0 Å². The first-order valence-corrected chi connectivity index (χ1v) is 6.18. The molecule has 0 atom stereocenters. The highest BCUT2D eigenvalue weighted by atomic mass is 15.1. The maximum Gasteiger partial charge on any atom is 0.109 e. The molecule has 0 aliphatic heterocycles. The van der Waals surface area contributed by atoms with Gasteiger partial charge in [0.25, 0.3) is 0 Å². The highest BCUT2D eigenvalue weighted by molar-refractivity contribution is 5.75. The van der Waals surface area contributed by atoms with Crippen molar-refractivity contribution in [1.29, 1.82) is 5.26 Å². The Morgan fingerprint density at radius 3 is 2.94 bits per heavy atom. The quantitative estimate of drug-likeness (QED) is 0.735. The fourth-order valence-corrected chi connectivity index (χ4v) is 2.11. The summed E-state index contributed by atoms with van der Waals surface area (Å²) in [4.78, 5) is 4.66. The molecule has 17 heavy (non-hydrogen) atoms. The van der Waals surface area contributed by atoms with Gasteiger partial charge in [0.05, 0.1) is 17.1 Å². The van der Waals surface area contributed by atoms with E-state index >= 15 is 0 Å². The van der Waals surface area contributed by atoms with Crippen LogP contribution in [0.3, 0.4) is 0 Å². The van der Waals surface area contributed by atoms with Crippen LogP contribution in [0.5, 0.6) is 0 Å². The van der Waals surface area contributed by atoms with Crippen molar-refractivity contribution in [1.82, 2.24) is 9.55 Å². The molecule has 0 unspecified atom stereocenters. The Balaban J connectivity index is 2.34. The van der Waals surface area contributed by atoms with E-state index in [1.807, 2.05) is 12.1 Å². The van der Waals surface area contributed by atoms with Gasteiger partial charge in [-0.15, -0.1) is 0 Å². The molecule has 0 saturated heterocycles. The first-order chi connectivity index (χ1) is 8.36. The highest BCUT2D eigenvalue weighted by Gasteiger charge is 2.08. The number of hydrogen-bond acceptors (Lipinski definition) is 2. The Kier molecular flexibility index (Phi) is 3.77. The number of imidazole rings is 1. The van der Waals surface area contributed by atoms with Gasteiger partial charge in [0.2, 0.25) is 0 Å². The van der Waals surface area contributed by atoms with Crippen molar-refractivity contribution in [3.8, 4) is 6.07 Å². The predicted molar refractivity (Wildman–Crippen MR) is 68.6 cm³/mol. The normalized spacial score (nSPS) is 10.6. The van der Waals surface area contributed by atoms with Crippen molar-refractivity contribution in [2.45, 2.75) is 39.2 Å². The third kappa shape index (κ3) is 2.47. The molecule has 2 aromatic rings. The minimum atomic E-state index is 0.609. The number of rotatable bonds is 5. The van der Waals surface area contributed by atoms with Gasteiger partial charge in [-0.2, -0.15) is 5.26 Å². The predicted octanol–water partition coefficient (Wildman–Crippen LogP) is 3.29. The Morgan fingerprint density at radius 1 is 1.35 bits per heavy atom. The average Bonchev–Trinajstić information content (AvgIpc) is 2.69. The van der Waals surface area contributed by atoms with Crippen LogP contribution in [0.15, 0.2) is 24.3 Å². The third-order valence-corrected chi connectivity index (χ3v) is 2.88. The molecule has 1 aromatic carbocycles. The molecule has 1 heterocycles. The van der Waals surface area contributed by atoms with E-state index in [1.165, 1.54) is 5.52 Å². The zero-order valence-electron chi connectivity index (χ0n) is 10.2. The van der Waals surface area contributed by atoms with E-state index < -0.39 is 0 Å². The van der Waals surface area contributed by atoms with Gasteiger partial charge in [0.1, 0.15) is 5.82 Å². The molecular formula is C14H17N3. The van der Waals surface area contributed by atoms with Crippen molar-refractivity contribution in [2.24, 2.45) is 0 Å². The summed E-state index contributed by atoms with van der Waals surface area (Å²) in [5, 5.41) is 8.61. The van der Waals surface area contributed by atoms with Crippen molar-refractivity contribution in [3.63, 3.8) is 0 Å². The summed E-state index contributed by atoms with van der Waals surface area (Å²) in [5.41, 5.74) is 2.25.